The number of hydrogen-bond donors (Lipinski definition) is 2. The molecule has 2 atom stereocenters. The first-order chi connectivity index (χ1) is 10.9. The molecule has 0 bridgehead atoms. The van der Waals surface area contributed by atoms with Gasteiger partial charge in [-0.05, 0) is 36.5 Å². The highest BCUT2D eigenvalue weighted by Crippen LogP contribution is 2.30. The number of aliphatic hydroxyl groups is 1. The predicted molar refractivity (Wildman–Crippen MR) is 88.4 cm³/mol. The zero-order chi connectivity index (χ0) is 17.0. The minimum absolute atomic E-state index is 0.117. The van der Waals surface area contributed by atoms with Crippen molar-refractivity contribution in [2.24, 2.45) is 11.8 Å². The van der Waals surface area contributed by atoms with E-state index in [1.807, 2.05) is 6.07 Å². The van der Waals surface area contributed by atoms with Crippen molar-refractivity contribution >= 4 is 15.7 Å². The van der Waals surface area contributed by atoms with Crippen LogP contribution in [0.5, 0.6) is 0 Å². The van der Waals surface area contributed by atoms with Crippen molar-refractivity contribution in [2.75, 3.05) is 31.6 Å². The minimum atomic E-state index is -3.63. The molecule has 1 aromatic rings. The molecule has 0 radical (unpaired) electrons. The van der Waals surface area contributed by atoms with Crippen LogP contribution in [0.4, 0.5) is 5.69 Å². The van der Waals surface area contributed by atoms with Crippen LogP contribution < -0.4 is 5.32 Å². The van der Waals surface area contributed by atoms with E-state index in [4.69, 9.17) is 10.4 Å². The van der Waals surface area contributed by atoms with Crippen molar-refractivity contribution in [3.63, 3.8) is 0 Å². The average molecular weight is 337 g/mol. The number of sulfonamides is 1. The number of benzene rings is 1. The van der Waals surface area contributed by atoms with Crippen molar-refractivity contribution in [1.29, 1.82) is 5.26 Å². The lowest BCUT2D eigenvalue weighted by atomic mass is 9.94. The number of nitrogens with zero attached hydrogens (tertiary/aromatic N) is 2. The zero-order valence-electron chi connectivity index (χ0n) is 13.5. The highest BCUT2D eigenvalue weighted by atomic mass is 32.2. The van der Waals surface area contributed by atoms with Gasteiger partial charge in [0.1, 0.15) is 4.90 Å². The molecular formula is C16H23N3O3S. The van der Waals surface area contributed by atoms with Crippen molar-refractivity contribution < 1.29 is 13.5 Å². The quantitative estimate of drug-likeness (QED) is 0.852. The molecule has 1 aliphatic rings. The fourth-order valence-electron chi connectivity index (χ4n) is 3.09. The summed E-state index contributed by atoms with van der Waals surface area (Å²) < 4.78 is 27.5. The Hall–Kier alpha value is -1.62. The molecule has 0 spiro atoms. The van der Waals surface area contributed by atoms with Gasteiger partial charge in [0.05, 0.1) is 23.9 Å². The zero-order valence-corrected chi connectivity index (χ0v) is 14.3. The van der Waals surface area contributed by atoms with E-state index in [0.29, 0.717) is 36.2 Å². The molecule has 0 aliphatic carbocycles. The van der Waals surface area contributed by atoms with Gasteiger partial charge in [-0.3, -0.25) is 0 Å². The van der Waals surface area contributed by atoms with Gasteiger partial charge in [0.2, 0.25) is 10.0 Å². The van der Waals surface area contributed by atoms with Gasteiger partial charge in [0.15, 0.2) is 0 Å². The van der Waals surface area contributed by atoms with E-state index in [1.54, 1.807) is 0 Å². The molecule has 126 valence electrons. The van der Waals surface area contributed by atoms with E-state index in [-0.39, 0.29) is 18.0 Å². The summed E-state index contributed by atoms with van der Waals surface area (Å²) in [6.07, 6.45) is 1.02. The van der Waals surface area contributed by atoms with Crippen LogP contribution in [0.3, 0.4) is 0 Å². The molecule has 1 aromatic carbocycles. The Kier molecular flexibility index (Phi) is 5.63. The van der Waals surface area contributed by atoms with Gasteiger partial charge in [0, 0.05) is 19.6 Å². The topological polar surface area (TPSA) is 93.4 Å². The number of anilines is 1. The van der Waals surface area contributed by atoms with E-state index in [0.717, 1.165) is 6.42 Å². The smallest absolute Gasteiger partial charge is 0.245 e. The Bertz CT molecular complexity index is 687. The van der Waals surface area contributed by atoms with Gasteiger partial charge >= 0.3 is 0 Å². The molecule has 0 saturated carbocycles. The number of nitrogens with one attached hydrogen (secondary N) is 1. The van der Waals surface area contributed by atoms with Gasteiger partial charge in [-0.15, -0.1) is 0 Å². The summed E-state index contributed by atoms with van der Waals surface area (Å²) in [5.74, 6) is 0.640. The maximum Gasteiger partial charge on any atom is 0.245 e. The summed E-state index contributed by atoms with van der Waals surface area (Å²) >= 11 is 0. The van der Waals surface area contributed by atoms with Gasteiger partial charge in [-0.2, -0.15) is 9.57 Å². The van der Waals surface area contributed by atoms with E-state index in [9.17, 15) is 8.42 Å². The molecule has 1 heterocycles. The molecule has 2 unspecified atom stereocenters. The number of nitriles is 1. The molecule has 1 fully saturated rings. The molecule has 7 heteroatoms. The fraction of sp³-hybridized carbons (Fsp3) is 0.562. The van der Waals surface area contributed by atoms with E-state index in [2.05, 4.69) is 19.2 Å². The number of hydrogen-bond acceptors (Lipinski definition) is 5. The summed E-state index contributed by atoms with van der Waals surface area (Å²) in [5.41, 5.74) is 0.744. The van der Waals surface area contributed by atoms with Crippen LogP contribution in [-0.2, 0) is 10.0 Å². The Morgan fingerprint density at radius 1 is 1.35 bits per heavy atom. The highest BCUT2D eigenvalue weighted by molar-refractivity contribution is 7.89. The third-order valence-corrected chi connectivity index (χ3v) is 5.88. The minimum Gasteiger partial charge on any atom is -0.395 e. The average Bonchev–Trinajstić information content (AvgIpc) is 2.51. The van der Waals surface area contributed by atoms with E-state index < -0.39 is 10.0 Å². The van der Waals surface area contributed by atoms with Gasteiger partial charge < -0.3 is 10.4 Å². The largest absolute Gasteiger partial charge is 0.395 e. The molecule has 6 nitrogen and oxygen atoms in total. The Morgan fingerprint density at radius 2 is 2.00 bits per heavy atom. The van der Waals surface area contributed by atoms with Gasteiger partial charge in [0.25, 0.3) is 0 Å². The van der Waals surface area contributed by atoms with Crippen molar-refractivity contribution in [2.45, 2.75) is 25.2 Å². The maximum atomic E-state index is 13.0. The molecule has 0 aromatic heterocycles. The van der Waals surface area contributed by atoms with Crippen LogP contribution in [0.2, 0.25) is 0 Å². The Balaban J connectivity index is 2.40. The first kappa shape index (κ1) is 17.7. The highest BCUT2D eigenvalue weighted by Gasteiger charge is 2.33. The molecule has 1 aliphatic heterocycles. The van der Waals surface area contributed by atoms with Gasteiger partial charge in [-0.25, -0.2) is 8.42 Å². The monoisotopic (exact) mass is 337 g/mol. The third kappa shape index (κ3) is 4.02. The van der Waals surface area contributed by atoms with E-state index in [1.165, 1.54) is 22.5 Å². The molecule has 2 N–H and O–H groups in total. The first-order valence-electron chi connectivity index (χ1n) is 7.77. The SMILES string of the molecule is CC1CC(C)CN(S(=O)(=O)c2ccc(C#N)cc2NCCO)C1. The van der Waals surface area contributed by atoms with Crippen molar-refractivity contribution in [1.82, 2.24) is 4.31 Å². The Labute approximate surface area is 137 Å². The van der Waals surface area contributed by atoms with Crippen LogP contribution in [0.25, 0.3) is 0 Å². The molecule has 2 rings (SSSR count). The van der Waals surface area contributed by atoms with Crippen LogP contribution in [0.1, 0.15) is 25.8 Å². The molecule has 1 saturated heterocycles. The maximum absolute atomic E-state index is 13.0. The van der Waals surface area contributed by atoms with E-state index >= 15 is 0 Å². The van der Waals surface area contributed by atoms with Crippen molar-refractivity contribution in [3.8, 4) is 6.07 Å². The number of aliphatic hydroxyl groups excluding tert-OH is 1. The van der Waals surface area contributed by atoms with Crippen LogP contribution >= 0.6 is 0 Å². The fourth-order valence-corrected chi connectivity index (χ4v) is 4.92. The van der Waals surface area contributed by atoms with Crippen LogP contribution in [0, 0.1) is 23.2 Å². The summed E-state index contributed by atoms with van der Waals surface area (Å²) in [6.45, 7) is 5.24. The van der Waals surface area contributed by atoms with Crippen LogP contribution in [-0.4, -0.2) is 44.1 Å². The molecule has 23 heavy (non-hydrogen) atoms. The standard InChI is InChI=1S/C16H23N3O3S/c1-12-7-13(2)11-19(10-12)23(21,22)16-4-3-14(9-17)8-15(16)18-5-6-20/h3-4,8,12-13,18,20H,5-7,10-11H2,1-2H3. The van der Waals surface area contributed by atoms with Gasteiger partial charge in [-0.1, -0.05) is 13.8 Å². The summed E-state index contributed by atoms with van der Waals surface area (Å²) in [4.78, 5) is 0.159. The first-order valence-corrected chi connectivity index (χ1v) is 9.21. The molecule has 0 amide bonds. The predicted octanol–water partition coefficient (Wildman–Crippen LogP) is 1.63. The summed E-state index contributed by atoms with van der Waals surface area (Å²) in [7, 11) is -3.63. The number of rotatable bonds is 5. The summed E-state index contributed by atoms with van der Waals surface area (Å²) in [5, 5.41) is 20.9. The lowest BCUT2D eigenvalue weighted by molar-refractivity contribution is 0.222. The molecular weight excluding hydrogens is 314 g/mol. The Morgan fingerprint density at radius 3 is 2.57 bits per heavy atom. The lowest BCUT2D eigenvalue weighted by Gasteiger charge is -2.34. The second-order valence-electron chi connectivity index (χ2n) is 6.24. The second kappa shape index (κ2) is 7.30. The summed E-state index contributed by atoms with van der Waals surface area (Å²) in [6, 6.07) is 6.50. The normalized spacial score (nSPS) is 22.5. The third-order valence-electron chi connectivity index (χ3n) is 3.99. The second-order valence-corrected chi connectivity index (χ2v) is 8.15. The van der Waals surface area contributed by atoms with Crippen molar-refractivity contribution in [3.05, 3.63) is 23.8 Å². The number of piperidine rings is 1. The van der Waals surface area contributed by atoms with Crippen LogP contribution in [0.15, 0.2) is 23.1 Å². The lowest BCUT2D eigenvalue weighted by Crippen LogP contribution is -2.42.